The zero-order chi connectivity index (χ0) is 24.8. The predicted octanol–water partition coefficient (Wildman–Crippen LogP) is 8.80. The van der Waals surface area contributed by atoms with Gasteiger partial charge < -0.3 is 9.47 Å². The second-order valence-electron chi connectivity index (χ2n) is 10.0. The molecule has 4 heteroatoms. The Balaban J connectivity index is 3.90. The van der Waals surface area contributed by atoms with Gasteiger partial charge in [0, 0.05) is 0 Å². The van der Waals surface area contributed by atoms with E-state index in [1.165, 1.54) is 77.0 Å². The third kappa shape index (κ3) is 14.7. The summed E-state index contributed by atoms with van der Waals surface area (Å²) in [6, 6.07) is 0. The molecule has 1 unspecified atom stereocenters. The van der Waals surface area contributed by atoms with Crippen LogP contribution in [0.1, 0.15) is 150 Å². The van der Waals surface area contributed by atoms with E-state index in [2.05, 4.69) is 20.8 Å². The molecule has 0 rings (SSSR count). The van der Waals surface area contributed by atoms with Crippen LogP contribution in [0, 0.1) is 11.3 Å². The Morgan fingerprint density at radius 2 is 1.03 bits per heavy atom. The number of hydrogen-bond acceptors (Lipinski definition) is 4. The highest BCUT2D eigenvalue weighted by Gasteiger charge is 2.45. The summed E-state index contributed by atoms with van der Waals surface area (Å²) in [5, 5.41) is 0. The van der Waals surface area contributed by atoms with Crippen molar-refractivity contribution in [2.75, 3.05) is 13.2 Å². The molecule has 0 radical (unpaired) electrons. The average Bonchev–Trinajstić information content (AvgIpc) is 2.81. The van der Waals surface area contributed by atoms with E-state index in [-0.39, 0.29) is 0 Å². The molecule has 0 aliphatic carbocycles. The SMILES string of the molecule is CCCCCCCCCCCCCCCCOC(=O)C(CC)(CC)C(=O)OCC(C)CCC. The Labute approximate surface area is 206 Å². The summed E-state index contributed by atoms with van der Waals surface area (Å²) in [7, 11) is 0. The molecular formula is C29H56O4. The van der Waals surface area contributed by atoms with Crippen molar-refractivity contribution < 1.29 is 19.1 Å². The highest BCUT2D eigenvalue weighted by Crippen LogP contribution is 2.30. The lowest BCUT2D eigenvalue weighted by Crippen LogP contribution is -2.41. The van der Waals surface area contributed by atoms with Crippen LogP contribution >= 0.6 is 0 Å². The number of hydrogen-bond donors (Lipinski definition) is 0. The minimum absolute atomic E-state index is 0.317. The Morgan fingerprint density at radius 1 is 0.606 bits per heavy atom. The van der Waals surface area contributed by atoms with Gasteiger partial charge in [-0.05, 0) is 31.6 Å². The fourth-order valence-corrected chi connectivity index (χ4v) is 4.44. The Morgan fingerprint density at radius 3 is 1.45 bits per heavy atom. The molecule has 0 aliphatic rings. The zero-order valence-electron chi connectivity index (χ0n) is 22.9. The first kappa shape index (κ1) is 31.9. The van der Waals surface area contributed by atoms with Crippen LogP contribution in [0.3, 0.4) is 0 Å². The first-order chi connectivity index (χ1) is 16.0. The molecule has 0 aromatic rings. The largest absolute Gasteiger partial charge is 0.465 e. The molecular weight excluding hydrogens is 412 g/mol. The molecule has 0 N–H and O–H groups in total. The van der Waals surface area contributed by atoms with E-state index in [1.54, 1.807) is 0 Å². The van der Waals surface area contributed by atoms with Gasteiger partial charge in [-0.2, -0.15) is 0 Å². The zero-order valence-corrected chi connectivity index (χ0v) is 22.9. The molecule has 0 aliphatic heterocycles. The maximum atomic E-state index is 12.7. The molecule has 0 amide bonds. The van der Waals surface area contributed by atoms with Crippen LogP contribution < -0.4 is 0 Å². The molecule has 0 bridgehead atoms. The van der Waals surface area contributed by atoms with Gasteiger partial charge in [0.2, 0.25) is 0 Å². The molecule has 0 saturated heterocycles. The van der Waals surface area contributed by atoms with E-state index in [9.17, 15) is 9.59 Å². The molecule has 4 nitrogen and oxygen atoms in total. The van der Waals surface area contributed by atoms with Crippen LogP contribution in [0.15, 0.2) is 0 Å². The fourth-order valence-electron chi connectivity index (χ4n) is 4.44. The van der Waals surface area contributed by atoms with E-state index in [0.717, 1.165) is 25.7 Å². The van der Waals surface area contributed by atoms with Crippen molar-refractivity contribution >= 4 is 11.9 Å². The van der Waals surface area contributed by atoms with Crippen LogP contribution in [0.2, 0.25) is 0 Å². The third-order valence-electron chi connectivity index (χ3n) is 7.00. The summed E-state index contributed by atoms with van der Waals surface area (Å²) < 4.78 is 11.0. The predicted molar refractivity (Wildman–Crippen MR) is 139 cm³/mol. The Hall–Kier alpha value is -1.06. The maximum Gasteiger partial charge on any atom is 0.323 e. The van der Waals surface area contributed by atoms with Gasteiger partial charge in [-0.3, -0.25) is 9.59 Å². The lowest BCUT2D eigenvalue weighted by Gasteiger charge is -2.27. The monoisotopic (exact) mass is 468 g/mol. The fraction of sp³-hybridized carbons (Fsp3) is 0.931. The van der Waals surface area contributed by atoms with Crippen LogP contribution in [0.25, 0.3) is 0 Å². The summed E-state index contributed by atoms with van der Waals surface area (Å²) in [5.74, 6) is -0.506. The van der Waals surface area contributed by atoms with Crippen molar-refractivity contribution in [1.29, 1.82) is 0 Å². The van der Waals surface area contributed by atoms with Gasteiger partial charge in [0.15, 0.2) is 5.41 Å². The normalized spacial score (nSPS) is 12.5. The van der Waals surface area contributed by atoms with Gasteiger partial charge in [0.1, 0.15) is 0 Å². The van der Waals surface area contributed by atoms with E-state index in [4.69, 9.17) is 9.47 Å². The van der Waals surface area contributed by atoms with Crippen molar-refractivity contribution in [2.45, 2.75) is 150 Å². The summed E-state index contributed by atoms with van der Waals surface area (Å²) in [6.07, 6.45) is 21.1. The highest BCUT2D eigenvalue weighted by atomic mass is 16.6. The molecule has 0 heterocycles. The van der Waals surface area contributed by atoms with Crippen molar-refractivity contribution in [3.8, 4) is 0 Å². The first-order valence-electron chi connectivity index (χ1n) is 14.3. The van der Waals surface area contributed by atoms with E-state index in [0.29, 0.717) is 32.0 Å². The van der Waals surface area contributed by atoms with Crippen molar-refractivity contribution in [3.63, 3.8) is 0 Å². The van der Waals surface area contributed by atoms with E-state index < -0.39 is 17.4 Å². The summed E-state index contributed by atoms with van der Waals surface area (Å²) in [4.78, 5) is 25.5. The van der Waals surface area contributed by atoms with Gasteiger partial charge in [-0.15, -0.1) is 0 Å². The number of esters is 2. The van der Waals surface area contributed by atoms with Crippen LogP contribution in [0.4, 0.5) is 0 Å². The quantitative estimate of drug-likeness (QED) is 0.0854. The second kappa shape index (κ2) is 21.5. The number of rotatable bonds is 23. The topological polar surface area (TPSA) is 52.6 Å². The van der Waals surface area contributed by atoms with Gasteiger partial charge in [-0.25, -0.2) is 0 Å². The average molecular weight is 469 g/mol. The molecule has 196 valence electrons. The minimum atomic E-state index is -1.15. The first-order valence-corrected chi connectivity index (χ1v) is 14.3. The summed E-state index contributed by atoms with van der Waals surface area (Å²) in [5.41, 5.74) is -1.15. The van der Waals surface area contributed by atoms with Crippen molar-refractivity contribution in [2.24, 2.45) is 11.3 Å². The molecule has 0 spiro atoms. The lowest BCUT2D eigenvalue weighted by molar-refractivity contribution is -0.174. The number of carbonyl (C=O) groups excluding carboxylic acids is 2. The maximum absolute atomic E-state index is 12.7. The Bertz CT molecular complexity index is 470. The second-order valence-corrected chi connectivity index (χ2v) is 10.0. The summed E-state index contributed by atoms with van der Waals surface area (Å²) >= 11 is 0. The van der Waals surface area contributed by atoms with E-state index in [1.807, 2.05) is 13.8 Å². The molecule has 0 aromatic carbocycles. The number of carbonyl (C=O) groups is 2. The molecule has 1 atom stereocenters. The van der Waals surface area contributed by atoms with Gasteiger partial charge in [0.25, 0.3) is 0 Å². The standard InChI is InChI=1S/C29H56O4/c1-6-10-11-12-13-14-15-16-17-18-19-20-21-22-24-32-27(30)29(8-3,9-4)28(31)33-25-26(5)23-7-2/h26H,6-25H2,1-5H3. The van der Waals surface area contributed by atoms with Gasteiger partial charge in [0.05, 0.1) is 13.2 Å². The Kier molecular flexibility index (Phi) is 20.8. The van der Waals surface area contributed by atoms with Crippen molar-refractivity contribution in [1.82, 2.24) is 0 Å². The lowest BCUT2D eigenvalue weighted by atomic mass is 9.82. The van der Waals surface area contributed by atoms with Crippen molar-refractivity contribution in [3.05, 3.63) is 0 Å². The summed E-state index contributed by atoms with van der Waals surface area (Å²) in [6.45, 7) is 11.0. The molecule has 33 heavy (non-hydrogen) atoms. The highest BCUT2D eigenvalue weighted by molar-refractivity contribution is 6.00. The molecule has 0 aromatic heterocycles. The van der Waals surface area contributed by atoms with Gasteiger partial charge in [-0.1, -0.05) is 125 Å². The van der Waals surface area contributed by atoms with Gasteiger partial charge >= 0.3 is 11.9 Å². The van der Waals surface area contributed by atoms with Crippen LogP contribution in [-0.4, -0.2) is 25.2 Å². The smallest absolute Gasteiger partial charge is 0.323 e. The van der Waals surface area contributed by atoms with Crippen LogP contribution in [-0.2, 0) is 19.1 Å². The van der Waals surface area contributed by atoms with Crippen LogP contribution in [0.5, 0.6) is 0 Å². The number of ether oxygens (including phenoxy) is 2. The third-order valence-corrected chi connectivity index (χ3v) is 7.00. The molecule has 0 fully saturated rings. The minimum Gasteiger partial charge on any atom is -0.465 e. The molecule has 0 saturated carbocycles. The van der Waals surface area contributed by atoms with E-state index >= 15 is 0 Å². The number of unbranched alkanes of at least 4 members (excludes halogenated alkanes) is 13.